The van der Waals surface area contributed by atoms with Gasteiger partial charge in [0.2, 0.25) is 5.91 Å². The van der Waals surface area contributed by atoms with Crippen LogP contribution in [-0.2, 0) is 4.79 Å². The number of anilines is 2. The molecule has 1 N–H and O–H groups in total. The number of rotatable bonds is 6. The molecule has 1 aliphatic rings. The number of hydrogen-bond donors (Lipinski definition) is 1. The fourth-order valence-electron chi connectivity index (χ4n) is 3.86. The first-order valence-corrected chi connectivity index (χ1v) is 10.6. The number of hydrogen-bond acceptors (Lipinski definition) is 6. The average Bonchev–Trinajstić information content (AvgIpc) is 2.79. The largest absolute Gasteiger partial charge is 0.475 e. The lowest BCUT2D eigenvalue weighted by molar-refractivity contribution is -0.120. The van der Waals surface area contributed by atoms with Crippen LogP contribution in [0, 0.1) is 5.92 Å². The van der Waals surface area contributed by atoms with E-state index in [1.165, 1.54) is 6.92 Å². The number of carbonyl (C=O) groups is 2. The molecule has 0 unspecified atom stereocenters. The van der Waals surface area contributed by atoms with Crippen LogP contribution in [0.1, 0.15) is 37.0 Å². The summed E-state index contributed by atoms with van der Waals surface area (Å²) in [5.74, 6) is 0.890. The highest BCUT2D eigenvalue weighted by Gasteiger charge is 2.29. The van der Waals surface area contributed by atoms with E-state index in [0.29, 0.717) is 36.1 Å². The van der Waals surface area contributed by atoms with Crippen molar-refractivity contribution in [3.63, 3.8) is 0 Å². The second kappa shape index (κ2) is 9.12. The zero-order chi connectivity index (χ0) is 21.8. The molecule has 3 aromatic rings. The highest BCUT2D eigenvalue weighted by Crippen LogP contribution is 2.31. The highest BCUT2D eigenvalue weighted by molar-refractivity contribution is 5.97. The summed E-state index contributed by atoms with van der Waals surface area (Å²) in [5.41, 5.74) is 2.80. The summed E-state index contributed by atoms with van der Waals surface area (Å²) in [6.07, 6.45) is 1.66. The first-order chi connectivity index (χ1) is 15.0. The van der Waals surface area contributed by atoms with Crippen molar-refractivity contribution in [3.8, 4) is 5.88 Å². The van der Waals surface area contributed by atoms with Crippen molar-refractivity contribution < 1.29 is 14.3 Å². The Morgan fingerprint density at radius 1 is 1.13 bits per heavy atom. The van der Waals surface area contributed by atoms with Gasteiger partial charge in [-0.3, -0.25) is 9.59 Å². The maximum atomic E-state index is 13.0. The smallest absolute Gasteiger partial charge is 0.258 e. The van der Waals surface area contributed by atoms with Crippen molar-refractivity contribution in [1.29, 1.82) is 0 Å². The Hall–Kier alpha value is -3.48. The Balaban J connectivity index is 1.54. The number of aromatic nitrogens is 2. The number of benzene rings is 2. The van der Waals surface area contributed by atoms with Gasteiger partial charge < -0.3 is 15.0 Å². The van der Waals surface area contributed by atoms with E-state index in [-0.39, 0.29) is 17.6 Å². The van der Waals surface area contributed by atoms with Crippen LogP contribution in [0.15, 0.2) is 48.5 Å². The van der Waals surface area contributed by atoms with Crippen molar-refractivity contribution in [2.75, 3.05) is 29.9 Å². The monoisotopic (exact) mass is 418 g/mol. The molecule has 1 aliphatic heterocycles. The summed E-state index contributed by atoms with van der Waals surface area (Å²) in [6, 6.07) is 14.7. The molecule has 1 atom stereocenters. The number of piperidine rings is 1. The lowest BCUT2D eigenvalue weighted by Gasteiger charge is -2.33. The maximum Gasteiger partial charge on any atom is 0.258 e. The Bertz CT molecular complexity index is 1110. The molecule has 0 spiro atoms. The molecular weight excluding hydrogens is 392 g/mol. The van der Waals surface area contributed by atoms with E-state index in [2.05, 4.69) is 15.2 Å². The number of ether oxygens (including phenoxy) is 1. The molecule has 7 nitrogen and oxygen atoms in total. The fourth-order valence-corrected chi connectivity index (χ4v) is 3.86. The molecule has 2 aromatic carbocycles. The van der Waals surface area contributed by atoms with Crippen LogP contribution in [-0.4, -0.2) is 41.4 Å². The molecule has 1 saturated heterocycles. The summed E-state index contributed by atoms with van der Waals surface area (Å²) in [4.78, 5) is 36.1. The fraction of sp³-hybridized carbons (Fsp3) is 0.333. The van der Waals surface area contributed by atoms with Gasteiger partial charge in [0.15, 0.2) is 11.6 Å². The van der Waals surface area contributed by atoms with Gasteiger partial charge in [0.05, 0.1) is 23.6 Å². The maximum absolute atomic E-state index is 13.0. The van der Waals surface area contributed by atoms with E-state index in [1.807, 2.05) is 31.2 Å². The van der Waals surface area contributed by atoms with Crippen molar-refractivity contribution in [2.45, 2.75) is 26.7 Å². The Morgan fingerprint density at radius 2 is 1.90 bits per heavy atom. The quantitative estimate of drug-likeness (QED) is 0.607. The van der Waals surface area contributed by atoms with Gasteiger partial charge >= 0.3 is 0 Å². The minimum Gasteiger partial charge on any atom is -0.475 e. The SMILES string of the molecule is CCOc1nc2ccccc2nc1N1CCC[C@H](C(=O)Nc2cccc(C(C)=O)c2)C1. The van der Waals surface area contributed by atoms with Gasteiger partial charge in [-0.2, -0.15) is 0 Å². The van der Waals surface area contributed by atoms with Gasteiger partial charge in [-0.1, -0.05) is 24.3 Å². The summed E-state index contributed by atoms with van der Waals surface area (Å²) in [7, 11) is 0. The molecular formula is C24H26N4O3. The van der Waals surface area contributed by atoms with Crippen molar-refractivity contribution >= 4 is 34.2 Å². The van der Waals surface area contributed by atoms with Crippen molar-refractivity contribution in [2.24, 2.45) is 5.92 Å². The number of nitrogens with zero attached hydrogens (tertiary/aromatic N) is 3. The van der Waals surface area contributed by atoms with E-state index >= 15 is 0 Å². The number of carbonyl (C=O) groups excluding carboxylic acids is 2. The Morgan fingerprint density at radius 3 is 2.65 bits per heavy atom. The molecule has 0 saturated carbocycles. The van der Waals surface area contributed by atoms with Crippen molar-refractivity contribution in [3.05, 3.63) is 54.1 Å². The summed E-state index contributed by atoms with van der Waals surface area (Å²) < 4.78 is 5.78. The predicted octanol–water partition coefficient (Wildman–Crippen LogP) is 4.09. The molecule has 160 valence electrons. The van der Waals surface area contributed by atoms with Crippen LogP contribution in [0.4, 0.5) is 11.5 Å². The third-order valence-electron chi connectivity index (χ3n) is 5.43. The topological polar surface area (TPSA) is 84.4 Å². The molecule has 4 rings (SSSR count). The van der Waals surface area contributed by atoms with Gasteiger partial charge in [0.25, 0.3) is 5.88 Å². The Kier molecular flexibility index (Phi) is 6.11. The van der Waals surface area contributed by atoms with Gasteiger partial charge in [-0.05, 0) is 51.0 Å². The number of amides is 1. The van der Waals surface area contributed by atoms with E-state index in [0.717, 1.165) is 30.4 Å². The van der Waals surface area contributed by atoms with Crippen LogP contribution in [0.5, 0.6) is 5.88 Å². The standard InChI is InChI=1S/C24H26N4O3/c1-3-31-24-22(26-20-11-4-5-12-21(20)27-24)28-13-7-9-18(15-28)23(30)25-19-10-6-8-17(14-19)16(2)29/h4-6,8,10-12,14,18H,3,7,9,13,15H2,1-2H3,(H,25,30)/t18-/m0/s1. The molecule has 1 amide bonds. The second-order valence-corrected chi connectivity index (χ2v) is 7.69. The van der Waals surface area contributed by atoms with Crippen LogP contribution < -0.4 is 15.0 Å². The normalized spacial score (nSPS) is 16.2. The van der Waals surface area contributed by atoms with Gasteiger partial charge in [0.1, 0.15) is 0 Å². The number of Topliss-reactive ketones (excluding diaryl/α,β-unsaturated/α-hetero) is 1. The number of fused-ring (bicyclic) bond motifs is 1. The summed E-state index contributed by atoms with van der Waals surface area (Å²) in [5, 5.41) is 2.96. The van der Waals surface area contributed by atoms with Crippen LogP contribution in [0.25, 0.3) is 11.0 Å². The van der Waals surface area contributed by atoms with Crippen LogP contribution in [0.2, 0.25) is 0 Å². The molecule has 1 fully saturated rings. The van der Waals surface area contributed by atoms with E-state index in [1.54, 1.807) is 24.3 Å². The van der Waals surface area contributed by atoms with E-state index in [9.17, 15) is 9.59 Å². The molecule has 0 aliphatic carbocycles. The number of ketones is 1. The molecule has 7 heteroatoms. The zero-order valence-electron chi connectivity index (χ0n) is 17.8. The zero-order valence-corrected chi connectivity index (χ0v) is 17.8. The van der Waals surface area contributed by atoms with Gasteiger partial charge in [0, 0.05) is 24.3 Å². The van der Waals surface area contributed by atoms with E-state index < -0.39 is 0 Å². The molecule has 31 heavy (non-hydrogen) atoms. The third kappa shape index (κ3) is 4.66. The van der Waals surface area contributed by atoms with Crippen LogP contribution >= 0.6 is 0 Å². The minimum absolute atomic E-state index is 0.0294. The average molecular weight is 418 g/mol. The third-order valence-corrected chi connectivity index (χ3v) is 5.43. The van der Waals surface area contributed by atoms with Gasteiger partial charge in [-0.25, -0.2) is 9.97 Å². The number of para-hydroxylation sites is 2. The number of nitrogens with one attached hydrogen (secondary N) is 1. The molecule has 1 aromatic heterocycles. The van der Waals surface area contributed by atoms with E-state index in [4.69, 9.17) is 9.72 Å². The second-order valence-electron chi connectivity index (χ2n) is 7.69. The summed E-state index contributed by atoms with van der Waals surface area (Å²) in [6.45, 7) is 5.25. The van der Waals surface area contributed by atoms with Crippen molar-refractivity contribution in [1.82, 2.24) is 9.97 Å². The highest BCUT2D eigenvalue weighted by atomic mass is 16.5. The Labute approximate surface area is 181 Å². The first kappa shape index (κ1) is 20.8. The van der Waals surface area contributed by atoms with Crippen LogP contribution in [0.3, 0.4) is 0 Å². The minimum atomic E-state index is -0.197. The lowest BCUT2D eigenvalue weighted by atomic mass is 9.97. The molecule has 2 heterocycles. The lowest BCUT2D eigenvalue weighted by Crippen LogP contribution is -2.41. The first-order valence-electron chi connectivity index (χ1n) is 10.6. The molecule has 0 radical (unpaired) electrons. The predicted molar refractivity (Wildman–Crippen MR) is 121 cm³/mol. The molecule has 0 bridgehead atoms. The van der Waals surface area contributed by atoms with Gasteiger partial charge in [-0.15, -0.1) is 0 Å². The summed E-state index contributed by atoms with van der Waals surface area (Å²) >= 11 is 0.